The molecule has 0 bridgehead atoms. The van der Waals surface area contributed by atoms with Crippen molar-refractivity contribution in [3.8, 4) is 0 Å². The van der Waals surface area contributed by atoms with Crippen molar-refractivity contribution in [2.45, 2.75) is 25.8 Å². The minimum atomic E-state index is 0.172. The third kappa shape index (κ3) is 2.50. The Morgan fingerprint density at radius 2 is 2.45 bits per heavy atom. The van der Waals surface area contributed by atoms with Gasteiger partial charge in [-0.1, -0.05) is 6.92 Å². The minimum absolute atomic E-state index is 0.172. The Morgan fingerprint density at radius 3 is 2.91 bits per heavy atom. The van der Waals surface area contributed by atoms with Gasteiger partial charge in [-0.3, -0.25) is 4.79 Å². The van der Waals surface area contributed by atoms with Gasteiger partial charge in [-0.25, -0.2) is 0 Å². The van der Waals surface area contributed by atoms with E-state index in [1.165, 1.54) is 0 Å². The number of rotatable bonds is 2. The van der Waals surface area contributed by atoms with Crippen LogP contribution >= 0.6 is 0 Å². The number of nitrogens with one attached hydrogen (secondary N) is 1. The maximum absolute atomic E-state index is 10.9. The molecule has 3 heteroatoms. The van der Waals surface area contributed by atoms with Crippen molar-refractivity contribution < 1.29 is 4.79 Å². The van der Waals surface area contributed by atoms with E-state index in [0.29, 0.717) is 12.5 Å². The van der Waals surface area contributed by atoms with Crippen LogP contribution in [0.3, 0.4) is 0 Å². The molecule has 3 nitrogen and oxygen atoms in total. The minimum Gasteiger partial charge on any atom is -0.352 e. The normalized spacial score (nSPS) is 25.5. The molecule has 1 aliphatic heterocycles. The molecule has 0 aromatic carbocycles. The number of amides is 1. The van der Waals surface area contributed by atoms with Crippen LogP contribution in [0.2, 0.25) is 0 Å². The molecule has 0 aromatic heterocycles. The Balaban J connectivity index is 2.23. The van der Waals surface area contributed by atoms with E-state index in [4.69, 9.17) is 0 Å². The van der Waals surface area contributed by atoms with Gasteiger partial charge in [0.05, 0.1) is 0 Å². The van der Waals surface area contributed by atoms with Gasteiger partial charge in [-0.15, -0.1) is 0 Å². The largest absolute Gasteiger partial charge is 0.352 e. The number of likely N-dealkylation sites (N-methyl/N-ethyl adjacent to an activating group) is 1. The summed E-state index contributed by atoms with van der Waals surface area (Å²) in [6, 6.07) is 0.396. The second-order valence-corrected chi connectivity index (χ2v) is 3.17. The average Bonchev–Trinajstić information content (AvgIpc) is 2.35. The van der Waals surface area contributed by atoms with Crippen LogP contribution in [0.15, 0.2) is 0 Å². The van der Waals surface area contributed by atoms with E-state index in [1.54, 1.807) is 0 Å². The van der Waals surface area contributed by atoms with Gasteiger partial charge in [-0.05, 0) is 20.0 Å². The first kappa shape index (κ1) is 8.53. The predicted molar refractivity (Wildman–Crippen MR) is 44.3 cm³/mol. The molecule has 1 rings (SSSR count). The molecule has 1 atom stereocenters. The Bertz CT molecular complexity index is 147. The van der Waals surface area contributed by atoms with Gasteiger partial charge in [0, 0.05) is 19.0 Å². The van der Waals surface area contributed by atoms with Crippen molar-refractivity contribution in [2.75, 3.05) is 20.1 Å². The highest BCUT2D eigenvalue weighted by Gasteiger charge is 2.19. The van der Waals surface area contributed by atoms with Crippen LogP contribution in [0.25, 0.3) is 0 Å². The molecule has 1 amide bonds. The molecule has 1 heterocycles. The summed E-state index contributed by atoms with van der Waals surface area (Å²) in [5.41, 5.74) is 0. The van der Waals surface area contributed by atoms with Crippen LogP contribution in [0, 0.1) is 0 Å². The fourth-order valence-corrected chi connectivity index (χ4v) is 1.38. The zero-order chi connectivity index (χ0) is 8.27. The zero-order valence-electron chi connectivity index (χ0n) is 7.26. The summed E-state index contributed by atoms with van der Waals surface area (Å²) >= 11 is 0. The lowest BCUT2D eigenvalue weighted by Gasteiger charge is -2.11. The number of nitrogens with zero attached hydrogens (tertiary/aromatic N) is 1. The molecule has 1 aliphatic rings. The fraction of sp³-hybridized carbons (Fsp3) is 0.875. The number of carbonyl (C=O) groups is 1. The summed E-state index contributed by atoms with van der Waals surface area (Å²) in [4.78, 5) is 13.2. The van der Waals surface area contributed by atoms with Gasteiger partial charge in [0.15, 0.2) is 0 Å². The molecule has 1 saturated heterocycles. The summed E-state index contributed by atoms with van der Waals surface area (Å²) in [6.45, 7) is 3.99. The molecule has 1 unspecified atom stereocenters. The first-order chi connectivity index (χ1) is 5.22. The highest BCUT2D eigenvalue weighted by atomic mass is 16.1. The summed E-state index contributed by atoms with van der Waals surface area (Å²) in [5, 5.41) is 2.98. The Kier molecular flexibility index (Phi) is 2.88. The maximum atomic E-state index is 10.9. The van der Waals surface area contributed by atoms with Gasteiger partial charge < -0.3 is 10.2 Å². The highest BCUT2D eigenvalue weighted by Crippen LogP contribution is 2.05. The van der Waals surface area contributed by atoms with Gasteiger partial charge >= 0.3 is 0 Å². The number of likely N-dealkylation sites (tertiary alicyclic amines) is 1. The second kappa shape index (κ2) is 3.72. The fourth-order valence-electron chi connectivity index (χ4n) is 1.38. The molecule has 11 heavy (non-hydrogen) atoms. The van der Waals surface area contributed by atoms with Crippen molar-refractivity contribution in [2.24, 2.45) is 0 Å². The van der Waals surface area contributed by atoms with Crippen LogP contribution in [0.1, 0.15) is 19.8 Å². The average molecular weight is 156 g/mol. The summed E-state index contributed by atoms with van der Waals surface area (Å²) in [5.74, 6) is 0.172. The molecule has 0 aliphatic carbocycles. The van der Waals surface area contributed by atoms with Gasteiger partial charge in [0.25, 0.3) is 0 Å². The summed E-state index contributed by atoms with van der Waals surface area (Å²) < 4.78 is 0. The maximum Gasteiger partial charge on any atom is 0.219 e. The molecule has 0 radical (unpaired) electrons. The highest BCUT2D eigenvalue weighted by molar-refractivity contribution is 5.75. The number of hydrogen-bond donors (Lipinski definition) is 1. The van der Waals surface area contributed by atoms with Crippen molar-refractivity contribution in [1.82, 2.24) is 10.2 Å². The topological polar surface area (TPSA) is 32.3 Å². The quantitative estimate of drug-likeness (QED) is 0.620. The molecule has 0 spiro atoms. The van der Waals surface area contributed by atoms with Crippen molar-refractivity contribution in [3.05, 3.63) is 0 Å². The van der Waals surface area contributed by atoms with Crippen LogP contribution < -0.4 is 5.32 Å². The van der Waals surface area contributed by atoms with Crippen LogP contribution in [0.4, 0.5) is 0 Å². The number of carbonyl (C=O) groups excluding carboxylic acids is 1. The monoisotopic (exact) mass is 156 g/mol. The third-order valence-corrected chi connectivity index (χ3v) is 2.08. The van der Waals surface area contributed by atoms with Crippen molar-refractivity contribution in [3.63, 3.8) is 0 Å². The first-order valence-electron chi connectivity index (χ1n) is 4.20. The smallest absolute Gasteiger partial charge is 0.219 e. The lowest BCUT2D eigenvalue weighted by Crippen LogP contribution is -2.35. The van der Waals surface area contributed by atoms with Crippen molar-refractivity contribution >= 4 is 5.91 Å². The van der Waals surface area contributed by atoms with Crippen molar-refractivity contribution in [1.29, 1.82) is 0 Å². The standard InChI is InChI=1S/C8H16N2O/c1-3-8(11)9-7-4-5-10(2)6-7/h7H,3-6H2,1-2H3,(H,9,11). The molecule has 0 aromatic rings. The van der Waals surface area contributed by atoms with E-state index in [9.17, 15) is 4.79 Å². The van der Waals surface area contributed by atoms with E-state index in [2.05, 4.69) is 17.3 Å². The summed E-state index contributed by atoms with van der Waals surface area (Å²) in [6.07, 6.45) is 1.70. The molecule has 0 saturated carbocycles. The zero-order valence-corrected chi connectivity index (χ0v) is 7.26. The second-order valence-electron chi connectivity index (χ2n) is 3.17. The van der Waals surface area contributed by atoms with E-state index < -0.39 is 0 Å². The number of hydrogen-bond acceptors (Lipinski definition) is 2. The predicted octanol–water partition coefficient (Wildman–Crippen LogP) is 0.217. The Hall–Kier alpha value is -0.570. The van der Waals surface area contributed by atoms with Gasteiger partial charge in [0.1, 0.15) is 0 Å². The molecule has 64 valence electrons. The van der Waals surface area contributed by atoms with Gasteiger partial charge in [-0.2, -0.15) is 0 Å². The lowest BCUT2D eigenvalue weighted by atomic mass is 10.2. The first-order valence-corrected chi connectivity index (χ1v) is 4.20. The Labute approximate surface area is 67.8 Å². The SMILES string of the molecule is CCC(=O)NC1CCN(C)C1. The van der Waals surface area contributed by atoms with E-state index >= 15 is 0 Å². The van der Waals surface area contributed by atoms with Gasteiger partial charge in [0.2, 0.25) is 5.91 Å². The molecular formula is C8H16N2O. The van der Waals surface area contributed by atoms with E-state index in [0.717, 1.165) is 19.5 Å². The summed E-state index contributed by atoms with van der Waals surface area (Å²) in [7, 11) is 2.08. The molecule has 1 fully saturated rings. The van der Waals surface area contributed by atoms with E-state index in [1.807, 2.05) is 6.92 Å². The third-order valence-electron chi connectivity index (χ3n) is 2.08. The van der Waals surface area contributed by atoms with E-state index in [-0.39, 0.29) is 5.91 Å². The molecular weight excluding hydrogens is 140 g/mol. The van der Waals surface area contributed by atoms with Crippen LogP contribution in [-0.4, -0.2) is 37.0 Å². The molecule has 1 N–H and O–H groups in total. The Morgan fingerprint density at radius 1 is 1.73 bits per heavy atom. The lowest BCUT2D eigenvalue weighted by molar-refractivity contribution is -0.121. The van der Waals surface area contributed by atoms with Crippen LogP contribution in [0.5, 0.6) is 0 Å². The van der Waals surface area contributed by atoms with Crippen LogP contribution in [-0.2, 0) is 4.79 Å².